The van der Waals surface area contributed by atoms with Gasteiger partial charge in [-0.25, -0.2) is 9.37 Å². The summed E-state index contributed by atoms with van der Waals surface area (Å²) in [6, 6.07) is 7.78. The Morgan fingerprint density at radius 1 is 1.19 bits per heavy atom. The second-order valence-corrected chi connectivity index (χ2v) is 5.36. The van der Waals surface area contributed by atoms with Gasteiger partial charge in [0.25, 0.3) is 0 Å². The van der Waals surface area contributed by atoms with Crippen LogP contribution in [-0.4, -0.2) is 9.97 Å². The third-order valence-electron chi connectivity index (χ3n) is 3.68. The van der Waals surface area contributed by atoms with Gasteiger partial charge in [0, 0.05) is 30.9 Å². The Balaban J connectivity index is 1.69. The molecular weight excluding hydrogens is 265 g/mol. The molecule has 0 bridgehead atoms. The lowest BCUT2D eigenvalue weighted by molar-refractivity contribution is 0.606. The number of rotatable bonds is 4. The number of hydrogen-bond acceptors (Lipinski definition) is 2. The standard InChI is InChI=1S/C17H18FN3/c1-11-6-13(7-12(2)16(11)18)8-19-9-14-10-21-17-15(14)4-3-5-20-17/h3-7,10,19H,8-9H2,1-2H3,(H,20,21). The molecule has 2 heterocycles. The normalized spacial score (nSPS) is 11.2. The summed E-state index contributed by atoms with van der Waals surface area (Å²) in [5.41, 5.74) is 4.59. The summed E-state index contributed by atoms with van der Waals surface area (Å²) < 4.78 is 13.6. The van der Waals surface area contributed by atoms with Crippen molar-refractivity contribution in [3.05, 3.63) is 64.7 Å². The molecule has 3 aromatic rings. The Hall–Kier alpha value is -2.20. The zero-order valence-corrected chi connectivity index (χ0v) is 12.2. The molecule has 1 aromatic carbocycles. The Morgan fingerprint density at radius 3 is 2.71 bits per heavy atom. The minimum Gasteiger partial charge on any atom is -0.346 e. The molecular formula is C17H18FN3. The van der Waals surface area contributed by atoms with E-state index in [4.69, 9.17) is 0 Å². The second kappa shape index (κ2) is 5.66. The number of benzene rings is 1. The van der Waals surface area contributed by atoms with Crippen LogP contribution in [0.25, 0.3) is 11.0 Å². The Labute approximate surface area is 123 Å². The molecule has 108 valence electrons. The topological polar surface area (TPSA) is 40.7 Å². The van der Waals surface area contributed by atoms with E-state index < -0.39 is 0 Å². The van der Waals surface area contributed by atoms with Crippen molar-refractivity contribution in [3.63, 3.8) is 0 Å². The van der Waals surface area contributed by atoms with Gasteiger partial charge in [0.2, 0.25) is 0 Å². The lowest BCUT2D eigenvalue weighted by Crippen LogP contribution is -2.13. The minimum absolute atomic E-state index is 0.110. The van der Waals surface area contributed by atoms with Crippen molar-refractivity contribution in [2.45, 2.75) is 26.9 Å². The Kier molecular flexibility index (Phi) is 3.71. The van der Waals surface area contributed by atoms with E-state index in [0.29, 0.717) is 11.1 Å². The summed E-state index contributed by atoms with van der Waals surface area (Å²) in [6.07, 6.45) is 3.76. The smallest absolute Gasteiger partial charge is 0.137 e. The first-order valence-corrected chi connectivity index (χ1v) is 7.02. The highest BCUT2D eigenvalue weighted by molar-refractivity contribution is 5.79. The van der Waals surface area contributed by atoms with Crippen LogP contribution in [-0.2, 0) is 13.1 Å². The molecule has 0 aliphatic carbocycles. The lowest BCUT2D eigenvalue weighted by atomic mass is 10.1. The van der Waals surface area contributed by atoms with E-state index in [2.05, 4.69) is 21.4 Å². The van der Waals surface area contributed by atoms with E-state index in [1.807, 2.05) is 24.4 Å². The number of halogens is 1. The van der Waals surface area contributed by atoms with E-state index in [1.165, 1.54) is 5.56 Å². The molecule has 2 aromatic heterocycles. The molecule has 2 N–H and O–H groups in total. The average molecular weight is 283 g/mol. The monoisotopic (exact) mass is 283 g/mol. The molecule has 0 amide bonds. The first-order valence-electron chi connectivity index (χ1n) is 7.02. The molecule has 0 fully saturated rings. The highest BCUT2D eigenvalue weighted by atomic mass is 19.1. The molecule has 0 unspecified atom stereocenters. The fraction of sp³-hybridized carbons (Fsp3) is 0.235. The number of nitrogens with one attached hydrogen (secondary N) is 2. The van der Waals surface area contributed by atoms with Gasteiger partial charge < -0.3 is 10.3 Å². The first-order chi connectivity index (χ1) is 10.1. The summed E-state index contributed by atoms with van der Waals surface area (Å²) >= 11 is 0. The second-order valence-electron chi connectivity index (χ2n) is 5.36. The predicted molar refractivity (Wildman–Crippen MR) is 82.5 cm³/mol. The van der Waals surface area contributed by atoms with Crippen molar-refractivity contribution in [2.75, 3.05) is 0 Å². The summed E-state index contributed by atoms with van der Waals surface area (Å²) in [5, 5.41) is 4.54. The van der Waals surface area contributed by atoms with Crippen molar-refractivity contribution < 1.29 is 4.39 Å². The minimum atomic E-state index is -0.110. The summed E-state index contributed by atoms with van der Waals surface area (Å²) in [5.74, 6) is -0.110. The molecule has 0 spiro atoms. The summed E-state index contributed by atoms with van der Waals surface area (Å²) in [4.78, 5) is 7.44. The third-order valence-corrected chi connectivity index (χ3v) is 3.68. The molecule has 0 aliphatic rings. The highest BCUT2D eigenvalue weighted by Gasteiger charge is 2.06. The first kappa shape index (κ1) is 13.8. The molecule has 0 saturated heterocycles. The van der Waals surface area contributed by atoms with Crippen LogP contribution in [0.4, 0.5) is 4.39 Å². The van der Waals surface area contributed by atoms with Crippen LogP contribution < -0.4 is 5.32 Å². The molecule has 4 heteroatoms. The van der Waals surface area contributed by atoms with Gasteiger partial charge in [-0.05, 0) is 48.2 Å². The van der Waals surface area contributed by atoms with Gasteiger partial charge in [-0.2, -0.15) is 0 Å². The summed E-state index contributed by atoms with van der Waals surface area (Å²) in [6.45, 7) is 5.07. The van der Waals surface area contributed by atoms with Crippen LogP contribution in [0.2, 0.25) is 0 Å². The summed E-state index contributed by atoms with van der Waals surface area (Å²) in [7, 11) is 0. The number of H-pyrrole nitrogens is 1. The predicted octanol–water partition coefficient (Wildman–Crippen LogP) is 3.61. The maximum absolute atomic E-state index is 13.6. The van der Waals surface area contributed by atoms with Gasteiger partial charge in [0.15, 0.2) is 0 Å². The van der Waals surface area contributed by atoms with E-state index in [1.54, 1.807) is 20.0 Å². The van der Waals surface area contributed by atoms with Crippen LogP contribution in [0.1, 0.15) is 22.3 Å². The maximum atomic E-state index is 13.6. The van der Waals surface area contributed by atoms with Gasteiger partial charge >= 0.3 is 0 Å². The van der Waals surface area contributed by atoms with E-state index >= 15 is 0 Å². The van der Waals surface area contributed by atoms with Crippen LogP contribution >= 0.6 is 0 Å². The SMILES string of the molecule is Cc1cc(CNCc2c[nH]c3ncccc23)cc(C)c1F. The van der Waals surface area contributed by atoms with Crippen LogP contribution in [0, 0.1) is 19.7 Å². The molecule has 0 radical (unpaired) electrons. The molecule has 0 saturated carbocycles. The molecule has 3 nitrogen and oxygen atoms in total. The van der Waals surface area contributed by atoms with Gasteiger partial charge in [0.1, 0.15) is 11.5 Å². The van der Waals surface area contributed by atoms with E-state index in [-0.39, 0.29) is 5.82 Å². The van der Waals surface area contributed by atoms with Crippen molar-refractivity contribution in [2.24, 2.45) is 0 Å². The van der Waals surface area contributed by atoms with Crippen molar-refractivity contribution >= 4 is 11.0 Å². The molecule has 3 rings (SSSR count). The fourth-order valence-corrected chi connectivity index (χ4v) is 2.64. The number of fused-ring (bicyclic) bond motifs is 1. The van der Waals surface area contributed by atoms with Crippen LogP contribution in [0.5, 0.6) is 0 Å². The van der Waals surface area contributed by atoms with E-state index in [9.17, 15) is 4.39 Å². The van der Waals surface area contributed by atoms with E-state index in [0.717, 1.165) is 29.7 Å². The number of nitrogens with zero attached hydrogens (tertiary/aromatic N) is 1. The van der Waals surface area contributed by atoms with Crippen molar-refractivity contribution in [3.8, 4) is 0 Å². The van der Waals surface area contributed by atoms with Gasteiger partial charge in [0.05, 0.1) is 0 Å². The number of aromatic nitrogens is 2. The highest BCUT2D eigenvalue weighted by Crippen LogP contribution is 2.17. The quantitative estimate of drug-likeness (QED) is 0.768. The molecule has 0 aliphatic heterocycles. The Bertz CT molecular complexity index is 754. The number of aromatic amines is 1. The number of pyridine rings is 1. The van der Waals surface area contributed by atoms with Crippen LogP contribution in [0.3, 0.4) is 0 Å². The van der Waals surface area contributed by atoms with Gasteiger partial charge in [-0.15, -0.1) is 0 Å². The lowest BCUT2D eigenvalue weighted by Gasteiger charge is -2.08. The van der Waals surface area contributed by atoms with Crippen molar-refractivity contribution in [1.82, 2.24) is 15.3 Å². The van der Waals surface area contributed by atoms with Crippen LogP contribution in [0.15, 0.2) is 36.7 Å². The molecule has 0 atom stereocenters. The molecule has 21 heavy (non-hydrogen) atoms. The Morgan fingerprint density at radius 2 is 1.95 bits per heavy atom. The maximum Gasteiger partial charge on any atom is 0.137 e. The van der Waals surface area contributed by atoms with Gasteiger partial charge in [-0.1, -0.05) is 12.1 Å². The number of aryl methyl sites for hydroxylation is 2. The third kappa shape index (κ3) is 2.81. The zero-order chi connectivity index (χ0) is 14.8. The zero-order valence-electron chi connectivity index (χ0n) is 12.2. The fourth-order valence-electron chi connectivity index (χ4n) is 2.64. The van der Waals surface area contributed by atoms with Gasteiger partial charge in [-0.3, -0.25) is 0 Å². The number of hydrogen-bond donors (Lipinski definition) is 2. The largest absolute Gasteiger partial charge is 0.346 e. The average Bonchev–Trinajstić information content (AvgIpc) is 2.88. The van der Waals surface area contributed by atoms with Crippen molar-refractivity contribution in [1.29, 1.82) is 0 Å².